The SMILES string of the molecule is C[C@H]1CCCN(C(=O)C[NH+]2CCN(c3ccc(O)cc3)CC2)C1. The van der Waals surface area contributed by atoms with Crippen LogP contribution in [0.25, 0.3) is 0 Å². The topological polar surface area (TPSA) is 48.2 Å². The van der Waals surface area contributed by atoms with Crippen LogP contribution >= 0.6 is 0 Å². The number of aromatic hydroxyl groups is 1. The van der Waals surface area contributed by atoms with Gasteiger partial charge in [0.15, 0.2) is 6.54 Å². The number of carbonyl (C=O) groups is 1. The van der Waals surface area contributed by atoms with Crippen LogP contribution in [-0.4, -0.2) is 61.7 Å². The smallest absolute Gasteiger partial charge is 0.277 e. The standard InChI is InChI=1S/C18H27N3O2/c1-15-3-2-8-21(13-15)18(23)14-19-9-11-20(12-10-19)16-4-6-17(22)7-5-16/h4-7,15,22H,2-3,8-14H2,1H3/p+1/t15-/m0/s1. The fourth-order valence-corrected chi connectivity index (χ4v) is 3.66. The summed E-state index contributed by atoms with van der Waals surface area (Å²) in [6, 6.07) is 7.38. The maximum Gasteiger partial charge on any atom is 0.277 e. The molecule has 126 valence electrons. The molecule has 3 rings (SSSR count). The molecule has 1 amide bonds. The summed E-state index contributed by atoms with van der Waals surface area (Å²) in [6.07, 6.45) is 2.40. The Bertz CT molecular complexity index is 524. The van der Waals surface area contributed by atoms with Crippen molar-refractivity contribution in [1.82, 2.24) is 4.90 Å². The van der Waals surface area contributed by atoms with Gasteiger partial charge in [0.05, 0.1) is 26.2 Å². The van der Waals surface area contributed by atoms with Gasteiger partial charge in [0, 0.05) is 18.8 Å². The fraction of sp³-hybridized carbons (Fsp3) is 0.611. The predicted molar refractivity (Wildman–Crippen MR) is 90.9 cm³/mol. The van der Waals surface area contributed by atoms with Gasteiger partial charge in [-0.15, -0.1) is 0 Å². The quantitative estimate of drug-likeness (QED) is 0.846. The number of rotatable bonds is 3. The molecule has 0 aromatic heterocycles. The van der Waals surface area contributed by atoms with E-state index in [9.17, 15) is 9.90 Å². The zero-order chi connectivity index (χ0) is 16.2. The van der Waals surface area contributed by atoms with Gasteiger partial charge in [0.1, 0.15) is 5.75 Å². The van der Waals surface area contributed by atoms with E-state index in [1.807, 2.05) is 12.1 Å². The lowest BCUT2D eigenvalue weighted by Crippen LogP contribution is -3.16. The minimum absolute atomic E-state index is 0.305. The first-order valence-electron chi connectivity index (χ1n) is 8.77. The maximum absolute atomic E-state index is 12.5. The van der Waals surface area contributed by atoms with Crippen molar-refractivity contribution >= 4 is 11.6 Å². The zero-order valence-electron chi connectivity index (χ0n) is 14.0. The second kappa shape index (κ2) is 7.21. The third-order valence-corrected chi connectivity index (χ3v) is 5.10. The summed E-state index contributed by atoms with van der Waals surface area (Å²) >= 11 is 0. The minimum atomic E-state index is 0.305. The van der Waals surface area contributed by atoms with E-state index in [1.54, 1.807) is 12.1 Å². The van der Waals surface area contributed by atoms with Crippen LogP contribution in [0.15, 0.2) is 24.3 Å². The van der Waals surface area contributed by atoms with Crippen molar-refractivity contribution in [2.45, 2.75) is 19.8 Å². The van der Waals surface area contributed by atoms with Crippen molar-refractivity contribution in [2.24, 2.45) is 5.92 Å². The van der Waals surface area contributed by atoms with Crippen LogP contribution in [0, 0.1) is 5.92 Å². The molecule has 2 fully saturated rings. The second-order valence-electron chi connectivity index (χ2n) is 7.02. The Morgan fingerprint density at radius 1 is 1.22 bits per heavy atom. The van der Waals surface area contributed by atoms with Crippen LogP contribution in [0.4, 0.5) is 5.69 Å². The number of nitrogens with zero attached hydrogens (tertiary/aromatic N) is 2. The third-order valence-electron chi connectivity index (χ3n) is 5.10. The van der Waals surface area contributed by atoms with E-state index >= 15 is 0 Å². The number of hydrogen-bond acceptors (Lipinski definition) is 3. The zero-order valence-corrected chi connectivity index (χ0v) is 14.0. The van der Waals surface area contributed by atoms with Crippen LogP contribution < -0.4 is 9.80 Å². The van der Waals surface area contributed by atoms with Crippen molar-refractivity contribution in [3.8, 4) is 5.75 Å². The first kappa shape index (κ1) is 16.1. The van der Waals surface area contributed by atoms with E-state index in [-0.39, 0.29) is 0 Å². The number of nitrogens with one attached hydrogen (secondary N) is 1. The molecule has 0 radical (unpaired) electrons. The number of phenols is 1. The van der Waals surface area contributed by atoms with Gasteiger partial charge in [-0.3, -0.25) is 4.79 Å². The van der Waals surface area contributed by atoms with Crippen LogP contribution in [0.5, 0.6) is 5.75 Å². The maximum atomic E-state index is 12.5. The molecule has 1 aromatic rings. The van der Waals surface area contributed by atoms with Gasteiger partial charge in [0.25, 0.3) is 5.91 Å². The summed E-state index contributed by atoms with van der Waals surface area (Å²) in [7, 11) is 0. The largest absolute Gasteiger partial charge is 0.508 e. The van der Waals surface area contributed by atoms with Crippen molar-refractivity contribution in [2.75, 3.05) is 50.7 Å². The molecule has 2 aliphatic heterocycles. The first-order valence-corrected chi connectivity index (χ1v) is 8.77. The predicted octanol–water partition coefficient (Wildman–Crippen LogP) is 0.356. The molecule has 0 spiro atoms. The lowest BCUT2D eigenvalue weighted by molar-refractivity contribution is -0.892. The summed E-state index contributed by atoms with van der Waals surface area (Å²) in [5, 5.41) is 9.37. The highest BCUT2D eigenvalue weighted by Gasteiger charge is 2.27. The third kappa shape index (κ3) is 4.16. The van der Waals surface area contributed by atoms with E-state index in [0.717, 1.165) is 51.4 Å². The van der Waals surface area contributed by atoms with Crippen LogP contribution in [-0.2, 0) is 4.79 Å². The molecule has 23 heavy (non-hydrogen) atoms. The van der Waals surface area contributed by atoms with E-state index in [0.29, 0.717) is 24.1 Å². The molecule has 0 saturated carbocycles. The summed E-state index contributed by atoms with van der Waals surface area (Å²) in [5.41, 5.74) is 1.15. The highest BCUT2D eigenvalue weighted by molar-refractivity contribution is 5.77. The average Bonchev–Trinajstić information content (AvgIpc) is 2.56. The number of piperidine rings is 1. The average molecular weight is 318 g/mol. The molecular formula is C18H28N3O2+. The molecule has 2 aliphatic rings. The molecule has 0 unspecified atom stereocenters. The van der Waals surface area contributed by atoms with Crippen LogP contribution in [0.1, 0.15) is 19.8 Å². The molecule has 2 N–H and O–H groups in total. The van der Waals surface area contributed by atoms with Crippen molar-refractivity contribution in [1.29, 1.82) is 0 Å². The minimum Gasteiger partial charge on any atom is -0.508 e. The molecule has 1 atom stereocenters. The van der Waals surface area contributed by atoms with Gasteiger partial charge in [0.2, 0.25) is 0 Å². The molecule has 2 saturated heterocycles. The highest BCUT2D eigenvalue weighted by atomic mass is 16.3. The van der Waals surface area contributed by atoms with Gasteiger partial charge in [-0.25, -0.2) is 0 Å². The number of benzene rings is 1. The first-order chi connectivity index (χ1) is 11.1. The van der Waals surface area contributed by atoms with E-state index < -0.39 is 0 Å². The van der Waals surface area contributed by atoms with Crippen molar-refractivity contribution in [3.63, 3.8) is 0 Å². The normalized spacial score (nSPS) is 23.1. The number of anilines is 1. The Morgan fingerprint density at radius 2 is 1.91 bits per heavy atom. The molecule has 5 heteroatoms. The Balaban J connectivity index is 1.47. The molecule has 2 heterocycles. The van der Waals surface area contributed by atoms with Gasteiger partial charge >= 0.3 is 0 Å². The lowest BCUT2D eigenvalue weighted by atomic mass is 10.0. The van der Waals surface area contributed by atoms with Gasteiger partial charge < -0.3 is 19.8 Å². The number of phenolic OH excluding ortho intramolecular Hbond substituents is 1. The van der Waals surface area contributed by atoms with Crippen molar-refractivity contribution in [3.05, 3.63) is 24.3 Å². The van der Waals surface area contributed by atoms with E-state index in [1.165, 1.54) is 11.3 Å². The number of carbonyl (C=O) groups excluding carboxylic acids is 1. The number of hydrogen-bond donors (Lipinski definition) is 2. The van der Waals surface area contributed by atoms with E-state index in [4.69, 9.17) is 0 Å². The summed E-state index contributed by atoms with van der Waals surface area (Å²) in [6.45, 7) is 8.67. The van der Waals surface area contributed by atoms with E-state index in [2.05, 4.69) is 16.7 Å². The summed E-state index contributed by atoms with van der Waals surface area (Å²) in [5.74, 6) is 1.28. The fourth-order valence-electron chi connectivity index (χ4n) is 3.66. The monoisotopic (exact) mass is 318 g/mol. The van der Waals surface area contributed by atoms with Crippen LogP contribution in [0.2, 0.25) is 0 Å². The second-order valence-corrected chi connectivity index (χ2v) is 7.02. The van der Waals surface area contributed by atoms with Gasteiger partial charge in [-0.05, 0) is 43.0 Å². The molecule has 5 nitrogen and oxygen atoms in total. The summed E-state index contributed by atoms with van der Waals surface area (Å²) in [4.78, 5) is 18.2. The van der Waals surface area contributed by atoms with Crippen molar-refractivity contribution < 1.29 is 14.8 Å². The Morgan fingerprint density at radius 3 is 2.57 bits per heavy atom. The molecular weight excluding hydrogens is 290 g/mol. The molecule has 0 bridgehead atoms. The highest BCUT2D eigenvalue weighted by Crippen LogP contribution is 2.18. The number of likely N-dealkylation sites (tertiary alicyclic amines) is 1. The van der Waals surface area contributed by atoms with Gasteiger partial charge in [-0.1, -0.05) is 6.92 Å². The Labute approximate surface area is 138 Å². The molecule has 1 aromatic carbocycles. The molecule has 0 aliphatic carbocycles. The lowest BCUT2D eigenvalue weighted by Gasteiger charge is -2.35. The number of piperazine rings is 1. The number of quaternary nitrogens is 1. The Hall–Kier alpha value is -1.75. The van der Waals surface area contributed by atoms with Crippen LogP contribution in [0.3, 0.4) is 0 Å². The summed E-state index contributed by atoms with van der Waals surface area (Å²) < 4.78 is 0. The van der Waals surface area contributed by atoms with Gasteiger partial charge in [-0.2, -0.15) is 0 Å². The Kier molecular flexibility index (Phi) is 5.06. The number of amides is 1.